The van der Waals surface area contributed by atoms with Crippen LogP contribution in [0.1, 0.15) is 28.9 Å². The Bertz CT molecular complexity index is 1300. The minimum atomic E-state index is -0.155. The van der Waals surface area contributed by atoms with Crippen LogP contribution in [0.4, 0.5) is 0 Å². The SMILES string of the molecule is Cc1ccc(COc2ccn(-c3ccc4c5c(n(N)c4c3)CCCNC5)c(=O)c2)cn1. The number of aromatic nitrogens is 3. The average molecular weight is 415 g/mol. The van der Waals surface area contributed by atoms with Gasteiger partial charge in [0.1, 0.15) is 12.4 Å². The Kier molecular flexibility index (Phi) is 4.95. The third kappa shape index (κ3) is 3.68. The zero-order chi connectivity index (χ0) is 21.4. The molecule has 4 heterocycles. The number of aryl methyl sites for hydroxylation is 1. The van der Waals surface area contributed by atoms with E-state index < -0.39 is 0 Å². The summed E-state index contributed by atoms with van der Waals surface area (Å²) in [6.45, 7) is 4.12. The van der Waals surface area contributed by atoms with Gasteiger partial charge < -0.3 is 15.9 Å². The molecule has 0 saturated carbocycles. The third-order valence-electron chi connectivity index (χ3n) is 5.82. The molecular formula is C24H25N5O2. The van der Waals surface area contributed by atoms with Crippen molar-refractivity contribution in [2.45, 2.75) is 32.9 Å². The van der Waals surface area contributed by atoms with E-state index in [-0.39, 0.29) is 5.56 Å². The van der Waals surface area contributed by atoms with Gasteiger partial charge in [-0.25, -0.2) is 0 Å². The van der Waals surface area contributed by atoms with Gasteiger partial charge in [-0.05, 0) is 56.1 Å². The number of ether oxygens (including phenoxy) is 1. The van der Waals surface area contributed by atoms with E-state index in [1.165, 1.54) is 17.3 Å². The summed E-state index contributed by atoms with van der Waals surface area (Å²) in [5, 5.41) is 4.59. The number of nitrogens with two attached hydrogens (primary N) is 1. The van der Waals surface area contributed by atoms with E-state index in [1.807, 2.05) is 31.2 Å². The zero-order valence-corrected chi connectivity index (χ0v) is 17.5. The minimum absolute atomic E-state index is 0.155. The molecule has 0 spiro atoms. The van der Waals surface area contributed by atoms with Crippen LogP contribution in [0.25, 0.3) is 16.6 Å². The first-order chi connectivity index (χ1) is 15.1. The smallest absolute Gasteiger partial charge is 0.258 e. The van der Waals surface area contributed by atoms with E-state index in [2.05, 4.69) is 16.4 Å². The predicted octanol–water partition coefficient (Wildman–Crippen LogP) is 2.82. The Morgan fingerprint density at radius 1 is 1.19 bits per heavy atom. The first-order valence-electron chi connectivity index (χ1n) is 10.5. The molecule has 31 heavy (non-hydrogen) atoms. The summed E-state index contributed by atoms with van der Waals surface area (Å²) in [5.41, 5.74) is 5.89. The van der Waals surface area contributed by atoms with Crippen LogP contribution in [-0.2, 0) is 19.6 Å². The average Bonchev–Trinajstić information content (AvgIpc) is 2.93. The van der Waals surface area contributed by atoms with Gasteiger partial charge in [0.2, 0.25) is 0 Å². The summed E-state index contributed by atoms with van der Waals surface area (Å²) in [4.78, 5) is 17.0. The summed E-state index contributed by atoms with van der Waals surface area (Å²) < 4.78 is 9.16. The lowest BCUT2D eigenvalue weighted by molar-refractivity contribution is 0.304. The number of nitrogen functional groups attached to an aromatic ring is 1. The Morgan fingerprint density at radius 2 is 2.10 bits per heavy atom. The standard InChI is InChI=1S/C24H25N5O2/c1-16-4-5-17(13-27-16)15-31-19-8-10-28(24(30)12-19)18-6-7-20-21-14-26-9-2-3-22(21)29(25)23(20)11-18/h4-8,10-13,26H,2-3,9,14-15,25H2,1H3. The highest BCUT2D eigenvalue weighted by Gasteiger charge is 2.18. The van der Waals surface area contributed by atoms with Gasteiger partial charge in [0.05, 0.1) is 11.2 Å². The summed E-state index contributed by atoms with van der Waals surface area (Å²) >= 11 is 0. The molecule has 0 saturated heterocycles. The molecule has 7 heteroatoms. The van der Waals surface area contributed by atoms with Gasteiger partial charge in [-0.3, -0.25) is 19.0 Å². The molecule has 5 rings (SSSR count). The molecule has 0 amide bonds. The fourth-order valence-electron chi connectivity index (χ4n) is 4.15. The lowest BCUT2D eigenvalue weighted by Crippen LogP contribution is -2.17. The number of fused-ring (bicyclic) bond motifs is 3. The normalized spacial score (nSPS) is 13.7. The van der Waals surface area contributed by atoms with Crippen molar-refractivity contribution in [1.29, 1.82) is 0 Å². The second kappa shape index (κ2) is 7.92. The number of benzene rings is 1. The van der Waals surface area contributed by atoms with Crippen molar-refractivity contribution in [2.24, 2.45) is 0 Å². The van der Waals surface area contributed by atoms with Gasteiger partial charge in [0.25, 0.3) is 5.56 Å². The maximum absolute atomic E-state index is 12.8. The fourth-order valence-corrected chi connectivity index (χ4v) is 4.15. The van der Waals surface area contributed by atoms with Gasteiger partial charge in [-0.1, -0.05) is 12.1 Å². The number of nitrogens with one attached hydrogen (secondary N) is 1. The quantitative estimate of drug-likeness (QED) is 0.501. The van der Waals surface area contributed by atoms with Crippen molar-refractivity contribution in [3.8, 4) is 11.4 Å². The first kappa shape index (κ1) is 19.4. The van der Waals surface area contributed by atoms with Crippen molar-refractivity contribution in [3.05, 3.63) is 87.7 Å². The fraction of sp³-hybridized carbons (Fsp3) is 0.250. The second-order valence-corrected chi connectivity index (χ2v) is 7.94. The predicted molar refractivity (Wildman–Crippen MR) is 121 cm³/mol. The van der Waals surface area contributed by atoms with Crippen LogP contribution in [0.15, 0.2) is 59.7 Å². The Balaban J connectivity index is 1.42. The molecule has 0 unspecified atom stereocenters. The number of hydrogen-bond acceptors (Lipinski definition) is 5. The maximum atomic E-state index is 12.8. The van der Waals surface area contributed by atoms with E-state index in [1.54, 1.807) is 27.7 Å². The highest BCUT2D eigenvalue weighted by Crippen LogP contribution is 2.28. The van der Waals surface area contributed by atoms with Crippen molar-refractivity contribution in [3.63, 3.8) is 0 Å². The molecule has 0 fully saturated rings. The van der Waals surface area contributed by atoms with Crippen molar-refractivity contribution < 1.29 is 4.74 Å². The Hall–Kier alpha value is -3.58. The minimum Gasteiger partial charge on any atom is -0.489 e. The molecule has 3 aromatic heterocycles. The van der Waals surface area contributed by atoms with E-state index in [0.29, 0.717) is 12.4 Å². The molecule has 0 atom stereocenters. The zero-order valence-electron chi connectivity index (χ0n) is 17.5. The summed E-state index contributed by atoms with van der Waals surface area (Å²) in [7, 11) is 0. The lowest BCUT2D eigenvalue weighted by atomic mass is 10.1. The molecule has 158 valence electrons. The monoisotopic (exact) mass is 415 g/mol. The Morgan fingerprint density at radius 3 is 2.90 bits per heavy atom. The number of pyridine rings is 2. The Labute approximate surface area is 180 Å². The highest BCUT2D eigenvalue weighted by atomic mass is 16.5. The van der Waals surface area contributed by atoms with Gasteiger partial charge in [0, 0.05) is 47.3 Å². The van der Waals surface area contributed by atoms with Crippen LogP contribution < -0.4 is 21.5 Å². The van der Waals surface area contributed by atoms with Crippen molar-refractivity contribution in [1.82, 2.24) is 19.5 Å². The third-order valence-corrected chi connectivity index (χ3v) is 5.82. The van der Waals surface area contributed by atoms with Crippen LogP contribution in [0, 0.1) is 6.92 Å². The van der Waals surface area contributed by atoms with Crippen LogP contribution >= 0.6 is 0 Å². The molecule has 1 aliphatic heterocycles. The molecule has 7 nitrogen and oxygen atoms in total. The molecule has 0 radical (unpaired) electrons. The van der Waals surface area contributed by atoms with Gasteiger partial charge >= 0.3 is 0 Å². The van der Waals surface area contributed by atoms with Crippen molar-refractivity contribution >= 4 is 10.9 Å². The van der Waals surface area contributed by atoms with Crippen LogP contribution in [0.5, 0.6) is 5.75 Å². The van der Waals surface area contributed by atoms with E-state index >= 15 is 0 Å². The van der Waals surface area contributed by atoms with Gasteiger partial charge in [-0.15, -0.1) is 0 Å². The lowest BCUT2D eigenvalue weighted by Gasteiger charge is -2.10. The van der Waals surface area contributed by atoms with E-state index in [4.69, 9.17) is 10.6 Å². The summed E-state index contributed by atoms with van der Waals surface area (Å²) in [6.07, 6.45) is 5.53. The van der Waals surface area contributed by atoms with Crippen LogP contribution in [0.3, 0.4) is 0 Å². The van der Waals surface area contributed by atoms with E-state index in [0.717, 1.165) is 53.8 Å². The molecule has 1 aliphatic rings. The molecule has 0 bridgehead atoms. The van der Waals surface area contributed by atoms with Crippen LogP contribution in [-0.4, -0.2) is 20.8 Å². The molecule has 3 N–H and O–H groups in total. The first-order valence-corrected chi connectivity index (χ1v) is 10.5. The molecule has 0 aliphatic carbocycles. The molecule has 4 aromatic rings. The summed E-state index contributed by atoms with van der Waals surface area (Å²) in [6, 6.07) is 13.2. The molecular weight excluding hydrogens is 390 g/mol. The van der Waals surface area contributed by atoms with Gasteiger partial charge in [0.15, 0.2) is 0 Å². The van der Waals surface area contributed by atoms with Crippen molar-refractivity contribution in [2.75, 3.05) is 12.4 Å². The largest absolute Gasteiger partial charge is 0.489 e. The number of rotatable bonds is 4. The maximum Gasteiger partial charge on any atom is 0.258 e. The van der Waals surface area contributed by atoms with E-state index in [9.17, 15) is 4.79 Å². The highest BCUT2D eigenvalue weighted by molar-refractivity contribution is 5.87. The van der Waals surface area contributed by atoms with Gasteiger partial charge in [-0.2, -0.15) is 0 Å². The van der Waals surface area contributed by atoms with Crippen LogP contribution in [0.2, 0.25) is 0 Å². The second-order valence-electron chi connectivity index (χ2n) is 7.94. The summed E-state index contributed by atoms with van der Waals surface area (Å²) in [5.74, 6) is 6.95. The topological polar surface area (TPSA) is 87.1 Å². The number of nitrogens with zero attached hydrogens (tertiary/aromatic N) is 3. The molecule has 1 aromatic carbocycles. The number of hydrogen-bond donors (Lipinski definition) is 2.